The molecule has 0 radical (unpaired) electrons. The number of carbonyl (C=O) groups excluding carboxylic acids is 10. The number of imide groups is 2. The van der Waals surface area contributed by atoms with Gasteiger partial charge in [0.15, 0.2) is 11.6 Å². The number of hydrogen-bond acceptors (Lipinski definition) is 14. The van der Waals surface area contributed by atoms with Gasteiger partial charge in [0.1, 0.15) is 23.0 Å². The third kappa shape index (κ3) is 6.63. The van der Waals surface area contributed by atoms with Gasteiger partial charge in [0, 0.05) is 28.3 Å². The minimum atomic E-state index is -0.864. The van der Waals surface area contributed by atoms with Gasteiger partial charge in [-0.2, -0.15) is 0 Å². The molecule has 0 spiro atoms. The van der Waals surface area contributed by atoms with Gasteiger partial charge in [-0.25, -0.2) is 29.0 Å². The highest BCUT2D eigenvalue weighted by Gasteiger charge is 2.39. The summed E-state index contributed by atoms with van der Waals surface area (Å²) in [4.78, 5) is 131. The van der Waals surface area contributed by atoms with E-state index >= 15 is 0 Å². The molecule has 7 aromatic rings. The molecule has 0 fully saturated rings. The van der Waals surface area contributed by atoms with E-state index in [9.17, 15) is 47.9 Å². The molecule has 0 aromatic heterocycles. The molecule has 0 atom stereocenters. The molecular formula is C52H24N2O14. The number of fused-ring (bicyclic) bond motifs is 4. The standard InChI is InChI=1S/C52H24N2O14/c55-43(27-10-14-37-41(20-27)51(63)67-49(37)61)25-4-1-6-29(18-25)53-45(57)35-16-12-33(23-39(35)47(53)59)65-31-8-3-9-32(22-31)66-34-13-17-36-40(24-34)48(60)54(46(36)58)30-7-2-5-26(19-30)44(56)28-11-15-38-42(21-28)52(64)68-50(38)62/h1-24H. The first-order chi connectivity index (χ1) is 32.8. The van der Waals surface area contributed by atoms with Crippen molar-refractivity contribution in [3.8, 4) is 23.0 Å². The van der Waals surface area contributed by atoms with Gasteiger partial charge in [0.05, 0.1) is 55.9 Å². The van der Waals surface area contributed by atoms with Crippen LogP contribution >= 0.6 is 0 Å². The van der Waals surface area contributed by atoms with E-state index in [4.69, 9.17) is 9.47 Å². The Labute approximate surface area is 381 Å². The van der Waals surface area contributed by atoms with E-state index in [0.717, 1.165) is 9.80 Å². The third-order valence-corrected chi connectivity index (χ3v) is 11.5. The van der Waals surface area contributed by atoms with Crippen LogP contribution < -0.4 is 19.3 Å². The van der Waals surface area contributed by atoms with Crippen LogP contribution in [0.1, 0.15) is 115 Å². The topological polar surface area (TPSA) is 214 Å². The second kappa shape index (κ2) is 15.3. The summed E-state index contributed by atoms with van der Waals surface area (Å²) in [6, 6.07) is 34.9. The molecule has 0 saturated heterocycles. The van der Waals surface area contributed by atoms with Crippen LogP contribution in [0.4, 0.5) is 11.4 Å². The molecule has 4 aliphatic rings. The van der Waals surface area contributed by atoms with Gasteiger partial charge in [0.2, 0.25) is 0 Å². The fraction of sp³-hybridized carbons (Fsp3) is 0. The van der Waals surface area contributed by atoms with Gasteiger partial charge < -0.3 is 18.9 Å². The molecule has 7 aromatic carbocycles. The van der Waals surface area contributed by atoms with Crippen molar-refractivity contribution < 1.29 is 66.9 Å². The molecule has 0 bridgehead atoms. The summed E-state index contributed by atoms with van der Waals surface area (Å²) in [7, 11) is 0. The SMILES string of the molecule is O=C(c1cccc(N2C(=O)c3ccc(Oc4cccc(Oc5ccc6c(c5)C(=O)N(c5cccc(C(=O)c7ccc8c(c7)C(=O)OC8=O)c5)C6=O)c4)cc3C2=O)c1)c1ccc2c(c1)C(=O)OC2=O. The van der Waals surface area contributed by atoms with E-state index in [2.05, 4.69) is 9.47 Å². The van der Waals surface area contributed by atoms with Gasteiger partial charge in [0.25, 0.3) is 23.6 Å². The maximum atomic E-state index is 13.8. The summed E-state index contributed by atoms with van der Waals surface area (Å²) >= 11 is 0. The predicted octanol–water partition coefficient (Wildman–Crippen LogP) is 7.96. The summed E-state index contributed by atoms with van der Waals surface area (Å²) in [6.07, 6.45) is 0. The average molecular weight is 901 g/mol. The number of benzene rings is 7. The summed E-state index contributed by atoms with van der Waals surface area (Å²) in [5.41, 5.74) is 1.00. The number of carbonyl (C=O) groups is 10. The van der Waals surface area contributed by atoms with Crippen LogP contribution in [0.15, 0.2) is 146 Å². The van der Waals surface area contributed by atoms with Gasteiger partial charge >= 0.3 is 23.9 Å². The maximum absolute atomic E-state index is 13.8. The summed E-state index contributed by atoms with van der Waals surface area (Å²) in [6.45, 7) is 0. The number of ketones is 2. The number of cyclic esters (lactones) is 4. The van der Waals surface area contributed by atoms with Gasteiger partial charge in [-0.15, -0.1) is 0 Å². The van der Waals surface area contributed by atoms with E-state index in [0.29, 0.717) is 0 Å². The third-order valence-electron chi connectivity index (χ3n) is 11.5. The minimum absolute atomic E-state index is 0.0382. The molecule has 16 nitrogen and oxygen atoms in total. The van der Waals surface area contributed by atoms with Crippen LogP contribution in [0.25, 0.3) is 0 Å². The van der Waals surface area contributed by atoms with Gasteiger partial charge in [-0.3, -0.25) is 28.8 Å². The summed E-state index contributed by atoms with van der Waals surface area (Å²) < 4.78 is 21.4. The highest BCUT2D eigenvalue weighted by atomic mass is 16.6. The first-order valence-electron chi connectivity index (χ1n) is 20.4. The van der Waals surface area contributed by atoms with Crippen LogP contribution in [0, 0.1) is 0 Å². The van der Waals surface area contributed by atoms with Crippen molar-refractivity contribution in [2.45, 2.75) is 0 Å². The van der Waals surface area contributed by atoms with Crippen molar-refractivity contribution in [1.82, 2.24) is 0 Å². The van der Waals surface area contributed by atoms with Crippen molar-refractivity contribution >= 4 is 70.4 Å². The van der Waals surface area contributed by atoms with E-state index in [1.165, 1.54) is 121 Å². The molecule has 0 aliphatic carbocycles. The lowest BCUT2D eigenvalue weighted by Gasteiger charge is -2.15. The smallest absolute Gasteiger partial charge is 0.346 e. The van der Waals surface area contributed by atoms with Crippen molar-refractivity contribution in [3.63, 3.8) is 0 Å². The lowest BCUT2D eigenvalue weighted by Crippen LogP contribution is -2.29. The number of rotatable bonds is 10. The zero-order valence-electron chi connectivity index (χ0n) is 34.5. The number of nitrogens with zero attached hydrogens (tertiary/aromatic N) is 2. The molecule has 4 heterocycles. The highest BCUT2D eigenvalue weighted by molar-refractivity contribution is 6.35. The fourth-order valence-corrected chi connectivity index (χ4v) is 8.27. The number of esters is 4. The minimum Gasteiger partial charge on any atom is -0.457 e. The van der Waals surface area contributed by atoms with Crippen LogP contribution in [0.3, 0.4) is 0 Å². The lowest BCUT2D eigenvalue weighted by molar-refractivity contribution is 0.0425. The molecule has 0 N–H and O–H groups in total. The molecule has 16 heteroatoms. The van der Waals surface area contributed by atoms with E-state index in [1.807, 2.05) is 0 Å². The van der Waals surface area contributed by atoms with E-state index in [-0.39, 0.29) is 101 Å². The maximum Gasteiger partial charge on any atom is 0.346 e. The zero-order valence-corrected chi connectivity index (χ0v) is 34.5. The van der Waals surface area contributed by atoms with Crippen LogP contribution in [-0.2, 0) is 9.47 Å². The average Bonchev–Trinajstić information content (AvgIpc) is 3.98. The first-order valence-corrected chi connectivity index (χ1v) is 20.4. The lowest BCUT2D eigenvalue weighted by atomic mass is 9.98. The Kier molecular flexibility index (Phi) is 9.21. The number of hydrogen-bond donors (Lipinski definition) is 0. The fourth-order valence-electron chi connectivity index (χ4n) is 8.27. The second-order valence-corrected chi connectivity index (χ2v) is 15.6. The normalized spacial score (nSPS) is 14.4. The Morgan fingerprint density at radius 3 is 1.12 bits per heavy atom. The van der Waals surface area contributed by atoms with Crippen molar-refractivity contribution in [2.75, 3.05) is 9.80 Å². The predicted molar refractivity (Wildman–Crippen MR) is 234 cm³/mol. The molecular weight excluding hydrogens is 877 g/mol. The quantitative estimate of drug-likeness (QED) is 0.0551. The van der Waals surface area contributed by atoms with E-state index in [1.54, 1.807) is 24.3 Å². The Bertz CT molecular complexity index is 3360. The van der Waals surface area contributed by atoms with Crippen LogP contribution in [-0.4, -0.2) is 59.1 Å². The summed E-state index contributed by atoms with van der Waals surface area (Å²) in [5.74, 6) is -5.97. The molecule has 4 aliphatic heterocycles. The Morgan fingerprint density at radius 2 is 0.676 bits per heavy atom. The van der Waals surface area contributed by atoms with E-state index < -0.39 is 59.1 Å². The van der Waals surface area contributed by atoms with Gasteiger partial charge in [-0.1, -0.05) is 42.5 Å². The Morgan fingerprint density at radius 1 is 0.324 bits per heavy atom. The number of anilines is 2. The van der Waals surface area contributed by atoms with Crippen LogP contribution in [0.5, 0.6) is 23.0 Å². The van der Waals surface area contributed by atoms with Crippen molar-refractivity contribution in [3.05, 3.63) is 212 Å². The summed E-state index contributed by atoms with van der Waals surface area (Å²) in [5, 5.41) is 0. The van der Waals surface area contributed by atoms with Crippen molar-refractivity contribution in [1.29, 1.82) is 0 Å². The van der Waals surface area contributed by atoms with Crippen LogP contribution in [0.2, 0.25) is 0 Å². The van der Waals surface area contributed by atoms with Crippen molar-refractivity contribution in [2.24, 2.45) is 0 Å². The zero-order chi connectivity index (χ0) is 47.1. The Hall–Kier alpha value is -9.96. The Balaban J connectivity index is 0.774. The molecule has 11 rings (SSSR count). The second-order valence-electron chi connectivity index (χ2n) is 15.6. The first kappa shape index (κ1) is 40.8. The molecule has 0 unspecified atom stereocenters. The number of ether oxygens (including phenoxy) is 4. The highest BCUT2D eigenvalue weighted by Crippen LogP contribution is 2.37. The molecule has 326 valence electrons. The molecule has 0 saturated carbocycles. The van der Waals surface area contributed by atoms with Gasteiger partial charge in [-0.05, 0) is 97.1 Å². The number of amides is 4. The molecule has 68 heavy (non-hydrogen) atoms. The molecule has 4 amide bonds. The largest absolute Gasteiger partial charge is 0.457 e. The monoisotopic (exact) mass is 900 g/mol.